The molecule has 0 spiro atoms. The van der Waals surface area contributed by atoms with Crippen molar-refractivity contribution in [2.45, 2.75) is 31.4 Å². The minimum Gasteiger partial charge on any atom is -0.467 e. The van der Waals surface area contributed by atoms with Crippen LogP contribution in [0.5, 0.6) is 0 Å². The number of β-amino-alcohol motifs (C(OH)–C–C–N with tert-alkyl or cyclic N) is 1. The van der Waals surface area contributed by atoms with E-state index in [1.807, 2.05) is 0 Å². The van der Waals surface area contributed by atoms with E-state index in [-0.39, 0.29) is 6.04 Å². The first-order chi connectivity index (χ1) is 7.01. The van der Waals surface area contributed by atoms with Gasteiger partial charge in [0, 0.05) is 19.1 Å². The van der Waals surface area contributed by atoms with Crippen LogP contribution >= 0.6 is 0 Å². The van der Waals surface area contributed by atoms with Crippen LogP contribution in [0, 0.1) is 0 Å². The van der Waals surface area contributed by atoms with Crippen molar-refractivity contribution in [3.05, 3.63) is 0 Å². The van der Waals surface area contributed by atoms with Gasteiger partial charge in [0.25, 0.3) is 0 Å². The molecule has 0 aliphatic carbocycles. The molecule has 2 atom stereocenters. The fourth-order valence-corrected chi connectivity index (χ4v) is 2.05. The Morgan fingerprint density at radius 1 is 1.73 bits per heavy atom. The van der Waals surface area contributed by atoms with E-state index in [9.17, 15) is 9.90 Å². The summed E-state index contributed by atoms with van der Waals surface area (Å²) < 4.78 is 4.55. The van der Waals surface area contributed by atoms with Crippen LogP contribution in [0.1, 0.15) is 19.8 Å². The van der Waals surface area contributed by atoms with Gasteiger partial charge in [0.1, 0.15) is 0 Å². The molecule has 15 heavy (non-hydrogen) atoms. The second kappa shape index (κ2) is 4.92. The van der Waals surface area contributed by atoms with Crippen LogP contribution in [0.25, 0.3) is 0 Å². The molecule has 0 radical (unpaired) electrons. The van der Waals surface area contributed by atoms with Gasteiger partial charge in [-0.1, -0.05) is 0 Å². The van der Waals surface area contributed by atoms with Crippen LogP contribution in [-0.2, 0) is 9.53 Å². The SMILES string of the molecule is COC(=O)C(C)(O)CN1CCCC1CN. The van der Waals surface area contributed by atoms with E-state index in [0.29, 0.717) is 13.1 Å². The number of hydrogen-bond donors (Lipinski definition) is 2. The number of nitrogens with two attached hydrogens (primary N) is 1. The third-order valence-corrected chi connectivity index (χ3v) is 2.91. The fraction of sp³-hybridized carbons (Fsp3) is 0.900. The van der Waals surface area contributed by atoms with Crippen molar-refractivity contribution in [3.63, 3.8) is 0 Å². The quantitative estimate of drug-likeness (QED) is 0.610. The molecule has 1 saturated heterocycles. The third-order valence-electron chi connectivity index (χ3n) is 2.91. The molecule has 0 aromatic rings. The zero-order chi connectivity index (χ0) is 11.5. The number of carbonyl (C=O) groups is 1. The lowest BCUT2D eigenvalue weighted by Gasteiger charge is -2.30. The minimum absolute atomic E-state index is 0.279. The smallest absolute Gasteiger partial charge is 0.338 e. The standard InChI is InChI=1S/C10H20N2O3/c1-10(14,9(13)15-2)7-12-5-3-4-8(12)6-11/h8,14H,3-7,11H2,1-2H3. The van der Waals surface area contributed by atoms with Crippen molar-refractivity contribution >= 4 is 5.97 Å². The fourth-order valence-electron chi connectivity index (χ4n) is 2.05. The van der Waals surface area contributed by atoms with Crippen LogP contribution in [0.2, 0.25) is 0 Å². The minimum atomic E-state index is -1.44. The van der Waals surface area contributed by atoms with Crippen LogP contribution in [0.3, 0.4) is 0 Å². The molecular formula is C10H20N2O3. The molecule has 0 aromatic carbocycles. The number of rotatable bonds is 4. The number of nitrogens with zero attached hydrogens (tertiary/aromatic N) is 1. The Labute approximate surface area is 90.2 Å². The van der Waals surface area contributed by atoms with E-state index >= 15 is 0 Å². The summed E-state index contributed by atoms with van der Waals surface area (Å²) in [5.74, 6) is -0.592. The molecular weight excluding hydrogens is 196 g/mol. The van der Waals surface area contributed by atoms with Gasteiger partial charge in [0.15, 0.2) is 5.60 Å². The Kier molecular flexibility index (Phi) is 4.07. The van der Waals surface area contributed by atoms with E-state index in [0.717, 1.165) is 19.4 Å². The van der Waals surface area contributed by atoms with Crippen molar-refractivity contribution < 1.29 is 14.6 Å². The Bertz CT molecular complexity index is 231. The summed E-state index contributed by atoms with van der Waals surface area (Å²) in [6.07, 6.45) is 2.10. The molecule has 1 rings (SSSR count). The van der Waals surface area contributed by atoms with Gasteiger partial charge in [-0.3, -0.25) is 4.90 Å². The number of carbonyl (C=O) groups excluding carboxylic acids is 1. The summed E-state index contributed by atoms with van der Waals surface area (Å²) in [5.41, 5.74) is 4.17. The van der Waals surface area contributed by atoms with Crippen molar-refractivity contribution in [2.75, 3.05) is 26.7 Å². The van der Waals surface area contributed by atoms with Crippen molar-refractivity contribution in [2.24, 2.45) is 5.73 Å². The number of hydrogen-bond acceptors (Lipinski definition) is 5. The van der Waals surface area contributed by atoms with E-state index in [1.165, 1.54) is 14.0 Å². The van der Waals surface area contributed by atoms with E-state index in [2.05, 4.69) is 9.64 Å². The lowest BCUT2D eigenvalue weighted by Crippen LogP contribution is -2.50. The van der Waals surface area contributed by atoms with Gasteiger partial charge in [-0.2, -0.15) is 0 Å². The summed E-state index contributed by atoms with van der Waals surface area (Å²) >= 11 is 0. The van der Waals surface area contributed by atoms with Gasteiger partial charge in [-0.15, -0.1) is 0 Å². The zero-order valence-corrected chi connectivity index (χ0v) is 9.40. The van der Waals surface area contributed by atoms with Crippen LogP contribution in [0.4, 0.5) is 0 Å². The number of methoxy groups -OCH3 is 1. The highest BCUT2D eigenvalue weighted by Crippen LogP contribution is 2.19. The number of likely N-dealkylation sites (tertiary alicyclic amines) is 1. The highest BCUT2D eigenvalue weighted by molar-refractivity contribution is 5.78. The first kappa shape index (κ1) is 12.4. The summed E-state index contributed by atoms with van der Waals surface area (Å²) in [5, 5.41) is 9.90. The van der Waals surface area contributed by atoms with Crippen molar-refractivity contribution in [1.29, 1.82) is 0 Å². The van der Waals surface area contributed by atoms with Crippen molar-refractivity contribution in [3.8, 4) is 0 Å². The molecule has 5 nitrogen and oxygen atoms in total. The summed E-state index contributed by atoms with van der Waals surface area (Å²) in [4.78, 5) is 13.3. The van der Waals surface area contributed by atoms with Gasteiger partial charge < -0.3 is 15.6 Å². The average Bonchev–Trinajstić information content (AvgIpc) is 2.63. The molecule has 0 bridgehead atoms. The first-order valence-electron chi connectivity index (χ1n) is 5.26. The molecule has 1 heterocycles. The van der Waals surface area contributed by atoms with Crippen LogP contribution in [-0.4, -0.2) is 54.4 Å². The highest BCUT2D eigenvalue weighted by Gasteiger charge is 2.36. The van der Waals surface area contributed by atoms with E-state index in [1.54, 1.807) is 0 Å². The van der Waals surface area contributed by atoms with Gasteiger partial charge in [0.05, 0.1) is 7.11 Å². The number of esters is 1. The molecule has 1 aliphatic rings. The predicted octanol–water partition coefficient (Wildman–Crippen LogP) is -0.666. The summed E-state index contributed by atoms with van der Waals surface area (Å²) in [6.45, 7) is 3.22. The van der Waals surface area contributed by atoms with Gasteiger partial charge >= 0.3 is 5.97 Å². The van der Waals surface area contributed by atoms with E-state index in [4.69, 9.17) is 5.73 Å². The third kappa shape index (κ3) is 2.90. The normalized spacial score (nSPS) is 26.3. The second-order valence-corrected chi connectivity index (χ2v) is 4.27. The van der Waals surface area contributed by atoms with Crippen LogP contribution in [0.15, 0.2) is 0 Å². The molecule has 0 amide bonds. The molecule has 0 saturated carbocycles. The second-order valence-electron chi connectivity index (χ2n) is 4.27. The molecule has 5 heteroatoms. The molecule has 88 valence electrons. The first-order valence-corrected chi connectivity index (χ1v) is 5.26. The molecule has 2 unspecified atom stereocenters. The largest absolute Gasteiger partial charge is 0.467 e. The molecule has 1 fully saturated rings. The Hall–Kier alpha value is -0.650. The van der Waals surface area contributed by atoms with Gasteiger partial charge in [-0.25, -0.2) is 4.79 Å². The lowest BCUT2D eigenvalue weighted by molar-refractivity contribution is -0.162. The molecule has 3 N–H and O–H groups in total. The van der Waals surface area contributed by atoms with Crippen molar-refractivity contribution in [1.82, 2.24) is 4.90 Å². The number of aliphatic hydroxyl groups is 1. The lowest BCUT2D eigenvalue weighted by atomic mass is 10.1. The maximum absolute atomic E-state index is 11.3. The number of ether oxygens (including phenoxy) is 1. The summed E-state index contributed by atoms with van der Waals surface area (Å²) in [6, 6.07) is 0.279. The monoisotopic (exact) mass is 216 g/mol. The highest BCUT2D eigenvalue weighted by atomic mass is 16.5. The molecule has 1 aliphatic heterocycles. The Morgan fingerprint density at radius 3 is 2.93 bits per heavy atom. The van der Waals surface area contributed by atoms with Gasteiger partial charge in [-0.05, 0) is 26.3 Å². The summed E-state index contributed by atoms with van der Waals surface area (Å²) in [7, 11) is 1.28. The maximum atomic E-state index is 11.3. The Morgan fingerprint density at radius 2 is 2.40 bits per heavy atom. The Balaban J connectivity index is 2.56. The average molecular weight is 216 g/mol. The van der Waals surface area contributed by atoms with Crippen LogP contribution < -0.4 is 5.73 Å². The maximum Gasteiger partial charge on any atom is 0.338 e. The topological polar surface area (TPSA) is 75.8 Å². The van der Waals surface area contributed by atoms with Gasteiger partial charge in [0.2, 0.25) is 0 Å². The zero-order valence-electron chi connectivity index (χ0n) is 9.40. The predicted molar refractivity (Wildman–Crippen MR) is 56.3 cm³/mol. The molecule has 0 aromatic heterocycles. The van der Waals surface area contributed by atoms with E-state index < -0.39 is 11.6 Å².